The van der Waals surface area contributed by atoms with Gasteiger partial charge in [-0.05, 0) is 35.4 Å². The molecule has 0 aliphatic carbocycles. The van der Waals surface area contributed by atoms with Crippen LogP contribution in [0, 0.1) is 0 Å². The van der Waals surface area contributed by atoms with E-state index in [4.69, 9.17) is 18.9 Å². The number of benzene rings is 2. The van der Waals surface area contributed by atoms with Crippen LogP contribution in [-0.2, 0) is 13.1 Å². The number of ether oxygens (including phenoxy) is 4. The van der Waals surface area contributed by atoms with E-state index in [9.17, 15) is 0 Å². The number of rotatable bonds is 14. The van der Waals surface area contributed by atoms with E-state index in [1.807, 2.05) is 36.4 Å². The molecule has 0 aliphatic rings. The van der Waals surface area contributed by atoms with Crippen molar-refractivity contribution in [2.45, 2.75) is 13.1 Å². The Hall–Kier alpha value is -1.61. The zero-order chi connectivity index (χ0) is 20.9. The summed E-state index contributed by atoms with van der Waals surface area (Å²) in [4.78, 5) is 0. The fourth-order valence-electron chi connectivity index (χ4n) is 2.93. The van der Waals surface area contributed by atoms with E-state index in [2.05, 4.69) is 16.0 Å². The zero-order valence-electron chi connectivity index (χ0n) is 19.1. The lowest BCUT2D eigenvalue weighted by atomic mass is 10.2. The average molecular weight is 513 g/mol. The Morgan fingerprint density at radius 1 is 0.500 bits per heavy atom. The van der Waals surface area contributed by atoms with Gasteiger partial charge in [-0.3, -0.25) is 0 Å². The molecule has 32 heavy (non-hydrogen) atoms. The predicted octanol–water partition coefficient (Wildman–Crippen LogP) is 3.46. The molecule has 10 heteroatoms. The highest BCUT2D eigenvalue weighted by atomic mass is 35.5. The third kappa shape index (κ3) is 10.8. The summed E-state index contributed by atoms with van der Waals surface area (Å²) in [6, 6.07) is 11.9. The first-order valence-electron chi connectivity index (χ1n) is 9.75. The Morgan fingerprint density at radius 3 is 1.19 bits per heavy atom. The summed E-state index contributed by atoms with van der Waals surface area (Å²) in [5, 5.41) is 10.3. The van der Waals surface area contributed by atoms with Gasteiger partial charge in [-0.2, -0.15) is 0 Å². The van der Waals surface area contributed by atoms with Crippen LogP contribution in [0.4, 0.5) is 0 Å². The Morgan fingerprint density at radius 2 is 0.844 bits per heavy atom. The molecule has 2 aromatic rings. The molecule has 0 atom stereocenters. The summed E-state index contributed by atoms with van der Waals surface area (Å²) in [6.45, 7) is 5.18. The van der Waals surface area contributed by atoms with E-state index in [1.165, 1.54) is 11.1 Å². The molecule has 3 N–H and O–H groups in total. The maximum atomic E-state index is 5.33. The molecule has 0 aliphatic heterocycles. The molecule has 7 nitrogen and oxygen atoms in total. The normalized spacial score (nSPS) is 9.62. The molecule has 0 heterocycles. The maximum absolute atomic E-state index is 5.33. The Kier molecular flexibility index (Phi) is 19.2. The molecule has 0 bridgehead atoms. The Bertz CT molecular complexity index is 693. The standard InChI is InChI=1S/C22H33N3O4.3ClH/c1-26-19-7-5-17(13-21(19)28-3)15-24-11-9-23-10-12-25-16-18-6-8-20(27-2)22(14-18)29-4;;;/h5-8,13-14,23-25H,9-12,15-16H2,1-4H3;3*1H. The second kappa shape index (κ2) is 18.9. The van der Waals surface area contributed by atoms with Crippen molar-refractivity contribution in [3.63, 3.8) is 0 Å². The largest absolute Gasteiger partial charge is 0.493 e. The quantitative estimate of drug-likeness (QED) is 0.335. The van der Waals surface area contributed by atoms with Crippen LogP contribution in [0.25, 0.3) is 0 Å². The van der Waals surface area contributed by atoms with Gasteiger partial charge < -0.3 is 34.9 Å². The molecule has 0 amide bonds. The topological polar surface area (TPSA) is 73.0 Å². The molecule has 0 saturated carbocycles. The lowest BCUT2D eigenvalue weighted by Gasteiger charge is -2.11. The first-order valence-corrected chi connectivity index (χ1v) is 9.75. The van der Waals surface area contributed by atoms with Gasteiger partial charge in [0.15, 0.2) is 23.0 Å². The molecule has 0 fully saturated rings. The van der Waals surface area contributed by atoms with Crippen molar-refractivity contribution in [1.82, 2.24) is 16.0 Å². The number of nitrogens with one attached hydrogen (secondary N) is 3. The molecule has 0 aromatic heterocycles. The van der Waals surface area contributed by atoms with Crippen molar-refractivity contribution in [3.8, 4) is 23.0 Å². The van der Waals surface area contributed by atoms with Gasteiger partial charge in [-0.1, -0.05) is 12.1 Å². The van der Waals surface area contributed by atoms with Crippen LogP contribution in [0.15, 0.2) is 36.4 Å². The molecule has 2 aromatic carbocycles. The minimum Gasteiger partial charge on any atom is -0.493 e. The van der Waals surface area contributed by atoms with Crippen LogP contribution in [0.2, 0.25) is 0 Å². The average Bonchev–Trinajstić information content (AvgIpc) is 2.77. The molecule has 2 rings (SSSR count). The van der Waals surface area contributed by atoms with Crippen LogP contribution in [-0.4, -0.2) is 54.6 Å². The summed E-state index contributed by atoms with van der Waals surface area (Å²) < 4.78 is 21.2. The highest BCUT2D eigenvalue weighted by molar-refractivity contribution is 5.86. The van der Waals surface area contributed by atoms with Crippen molar-refractivity contribution in [2.75, 3.05) is 54.6 Å². The predicted molar refractivity (Wildman–Crippen MR) is 137 cm³/mol. The lowest BCUT2D eigenvalue weighted by molar-refractivity contribution is 0.354. The number of hydrogen-bond acceptors (Lipinski definition) is 7. The lowest BCUT2D eigenvalue weighted by Crippen LogP contribution is -2.32. The minimum atomic E-state index is 0. The Balaban J connectivity index is 0. The Labute approximate surface area is 210 Å². The maximum Gasteiger partial charge on any atom is 0.161 e. The highest BCUT2D eigenvalue weighted by Crippen LogP contribution is 2.28. The van der Waals surface area contributed by atoms with Gasteiger partial charge in [-0.15, -0.1) is 37.2 Å². The zero-order valence-corrected chi connectivity index (χ0v) is 21.5. The van der Waals surface area contributed by atoms with Gasteiger partial charge in [0, 0.05) is 39.3 Å². The third-order valence-electron chi connectivity index (χ3n) is 4.51. The second-order valence-electron chi connectivity index (χ2n) is 6.48. The van der Waals surface area contributed by atoms with Crippen molar-refractivity contribution in [2.24, 2.45) is 0 Å². The van der Waals surface area contributed by atoms with Crippen molar-refractivity contribution in [3.05, 3.63) is 47.5 Å². The van der Waals surface area contributed by atoms with Crippen molar-refractivity contribution < 1.29 is 18.9 Å². The highest BCUT2D eigenvalue weighted by Gasteiger charge is 2.05. The fourth-order valence-corrected chi connectivity index (χ4v) is 2.93. The first kappa shape index (κ1) is 32.6. The van der Waals surface area contributed by atoms with E-state index >= 15 is 0 Å². The van der Waals surface area contributed by atoms with Crippen LogP contribution < -0.4 is 34.9 Å². The van der Waals surface area contributed by atoms with Crippen LogP contribution >= 0.6 is 37.2 Å². The molecule has 0 unspecified atom stereocenters. The van der Waals surface area contributed by atoms with E-state index < -0.39 is 0 Å². The van der Waals surface area contributed by atoms with Gasteiger partial charge in [0.2, 0.25) is 0 Å². The van der Waals surface area contributed by atoms with Crippen molar-refractivity contribution >= 4 is 37.2 Å². The first-order chi connectivity index (χ1) is 14.2. The van der Waals surface area contributed by atoms with E-state index in [1.54, 1.807) is 28.4 Å². The summed E-state index contributed by atoms with van der Waals surface area (Å²) in [6.07, 6.45) is 0. The second-order valence-corrected chi connectivity index (χ2v) is 6.48. The smallest absolute Gasteiger partial charge is 0.161 e. The van der Waals surface area contributed by atoms with Gasteiger partial charge in [0.1, 0.15) is 0 Å². The number of halogens is 3. The third-order valence-corrected chi connectivity index (χ3v) is 4.51. The fraction of sp³-hybridized carbons (Fsp3) is 0.455. The van der Waals surface area contributed by atoms with Gasteiger partial charge >= 0.3 is 0 Å². The van der Waals surface area contributed by atoms with E-state index in [0.717, 1.165) is 62.3 Å². The molecule has 0 spiro atoms. The summed E-state index contributed by atoms with van der Waals surface area (Å²) in [5.41, 5.74) is 2.33. The monoisotopic (exact) mass is 511 g/mol. The summed E-state index contributed by atoms with van der Waals surface area (Å²) in [5.74, 6) is 3.01. The van der Waals surface area contributed by atoms with Gasteiger partial charge in [-0.25, -0.2) is 0 Å². The molecule has 184 valence electrons. The molecular weight excluding hydrogens is 477 g/mol. The van der Waals surface area contributed by atoms with Crippen LogP contribution in [0.3, 0.4) is 0 Å². The van der Waals surface area contributed by atoms with E-state index in [0.29, 0.717) is 0 Å². The number of methoxy groups -OCH3 is 4. The van der Waals surface area contributed by atoms with Crippen LogP contribution in [0.1, 0.15) is 11.1 Å². The number of hydrogen-bond donors (Lipinski definition) is 3. The SMILES string of the molecule is COc1ccc(CNCCNCCNCc2ccc(OC)c(OC)c2)cc1OC.Cl.Cl.Cl. The minimum absolute atomic E-state index is 0. The van der Waals surface area contributed by atoms with E-state index in [-0.39, 0.29) is 37.2 Å². The summed E-state index contributed by atoms with van der Waals surface area (Å²) in [7, 11) is 6.59. The molecular formula is C22H36Cl3N3O4. The summed E-state index contributed by atoms with van der Waals surface area (Å²) >= 11 is 0. The van der Waals surface area contributed by atoms with Gasteiger partial charge in [0.25, 0.3) is 0 Å². The van der Waals surface area contributed by atoms with Crippen LogP contribution in [0.5, 0.6) is 23.0 Å². The van der Waals surface area contributed by atoms with Gasteiger partial charge in [0.05, 0.1) is 28.4 Å². The molecule has 0 radical (unpaired) electrons. The van der Waals surface area contributed by atoms with Crippen molar-refractivity contribution in [1.29, 1.82) is 0 Å². The molecule has 0 saturated heterocycles.